The number of anilines is 1. The lowest BCUT2D eigenvalue weighted by Crippen LogP contribution is -2.15. The molecule has 0 unspecified atom stereocenters. The molecule has 0 aliphatic carbocycles. The van der Waals surface area contributed by atoms with Gasteiger partial charge in [-0.2, -0.15) is 0 Å². The number of aryl methyl sites for hydroxylation is 1. The third kappa shape index (κ3) is 3.97. The number of ether oxygens (including phenoxy) is 1. The van der Waals surface area contributed by atoms with Crippen LogP contribution < -0.4 is 10.1 Å². The topological polar surface area (TPSA) is 77.2 Å². The van der Waals surface area contributed by atoms with Crippen LogP contribution in [0.5, 0.6) is 5.75 Å². The molecule has 0 atom stereocenters. The van der Waals surface area contributed by atoms with E-state index in [1.165, 1.54) is 0 Å². The van der Waals surface area contributed by atoms with Gasteiger partial charge >= 0.3 is 0 Å². The van der Waals surface area contributed by atoms with Crippen LogP contribution in [0.15, 0.2) is 47.1 Å². The minimum absolute atomic E-state index is 0.199. The number of benzene rings is 2. The fourth-order valence-corrected chi connectivity index (χ4v) is 2.57. The fourth-order valence-electron chi connectivity index (χ4n) is 2.44. The van der Waals surface area contributed by atoms with E-state index in [-0.39, 0.29) is 18.1 Å². The van der Waals surface area contributed by atoms with Gasteiger partial charge in [0, 0.05) is 10.6 Å². The van der Waals surface area contributed by atoms with E-state index in [4.69, 9.17) is 21.0 Å². The van der Waals surface area contributed by atoms with Crippen LogP contribution >= 0.6 is 11.6 Å². The number of rotatable bonds is 5. The summed E-state index contributed by atoms with van der Waals surface area (Å²) in [5, 5.41) is 11.1. The predicted molar refractivity (Wildman–Crippen MR) is 94.8 cm³/mol. The van der Waals surface area contributed by atoms with Crippen molar-refractivity contribution in [2.24, 2.45) is 0 Å². The summed E-state index contributed by atoms with van der Waals surface area (Å²) in [6.07, 6.45) is 0.199. The van der Waals surface area contributed by atoms with E-state index in [1.54, 1.807) is 31.4 Å². The first-order valence-corrected chi connectivity index (χ1v) is 7.96. The molecule has 7 heteroatoms. The summed E-state index contributed by atoms with van der Waals surface area (Å²) in [5.41, 5.74) is 3.07. The quantitative estimate of drug-likeness (QED) is 0.749. The zero-order valence-electron chi connectivity index (χ0n) is 13.7. The maximum Gasteiger partial charge on any atom is 0.230 e. The number of hydrogen-bond donors (Lipinski definition) is 1. The molecule has 0 aliphatic heterocycles. The molecule has 2 aromatic carbocycles. The third-order valence-corrected chi connectivity index (χ3v) is 3.96. The van der Waals surface area contributed by atoms with Gasteiger partial charge in [0.1, 0.15) is 5.75 Å². The van der Waals surface area contributed by atoms with Gasteiger partial charge in [-0.05, 0) is 58.7 Å². The molecular weight excluding hydrogens is 342 g/mol. The van der Waals surface area contributed by atoms with E-state index in [0.717, 1.165) is 22.4 Å². The normalized spacial score (nSPS) is 10.5. The smallest absolute Gasteiger partial charge is 0.230 e. The Kier molecular flexibility index (Phi) is 5.00. The lowest BCUT2D eigenvalue weighted by atomic mass is 10.1. The number of nitrogens with one attached hydrogen (secondary N) is 1. The molecule has 3 aromatic rings. The first kappa shape index (κ1) is 17.0. The van der Waals surface area contributed by atoms with E-state index in [2.05, 4.69) is 15.6 Å². The van der Waals surface area contributed by atoms with Crippen molar-refractivity contribution in [3.8, 4) is 17.0 Å². The van der Waals surface area contributed by atoms with Crippen LogP contribution in [0, 0.1) is 6.92 Å². The highest BCUT2D eigenvalue weighted by molar-refractivity contribution is 6.30. The zero-order valence-corrected chi connectivity index (χ0v) is 14.5. The summed E-state index contributed by atoms with van der Waals surface area (Å²) in [7, 11) is 1.61. The first-order valence-electron chi connectivity index (χ1n) is 7.58. The van der Waals surface area contributed by atoms with E-state index in [9.17, 15) is 4.79 Å². The van der Waals surface area contributed by atoms with Crippen molar-refractivity contribution in [2.45, 2.75) is 13.3 Å². The van der Waals surface area contributed by atoms with Crippen molar-refractivity contribution in [3.63, 3.8) is 0 Å². The molecule has 1 heterocycles. The second-order valence-corrected chi connectivity index (χ2v) is 5.93. The number of nitrogens with zero attached hydrogens (tertiary/aromatic N) is 2. The van der Waals surface area contributed by atoms with Crippen LogP contribution in [0.3, 0.4) is 0 Å². The van der Waals surface area contributed by atoms with Gasteiger partial charge in [-0.3, -0.25) is 4.79 Å². The SMILES string of the molecule is COc1ccc(-c2nonc2NC(=O)Cc2ccc(Cl)cc2)c(C)c1. The van der Waals surface area contributed by atoms with Crippen molar-refractivity contribution < 1.29 is 14.2 Å². The molecule has 1 aromatic heterocycles. The zero-order chi connectivity index (χ0) is 17.8. The molecule has 1 N–H and O–H groups in total. The van der Waals surface area contributed by atoms with Gasteiger partial charge < -0.3 is 10.1 Å². The highest BCUT2D eigenvalue weighted by atomic mass is 35.5. The lowest BCUT2D eigenvalue weighted by Gasteiger charge is -2.07. The third-order valence-electron chi connectivity index (χ3n) is 3.71. The van der Waals surface area contributed by atoms with Gasteiger partial charge in [-0.1, -0.05) is 23.7 Å². The molecule has 0 aliphatic rings. The van der Waals surface area contributed by atoms with E-state index in [0.29, 0.717) is 10.7 Å². The molecule has 128 valence electrons. The monoisotopic (exact) mass is 357 g/mol. The number of carbonyl (C=O) groups excluding carboxylic acids is 1. The van der Waals surface area contributed by atoms with Crippen molar-refractivity contribution in [2.75, 3.05) is 12.4 Å². The Balaban J connectivity index is 1.77. The maximum absolute atomic E-state index is 12.3. The Bertz CT molecular complexity index is 891. The number of hydrogen-bond acceptors (Lipinski definition) is 5. The summed E-state index contributed by atoms with van der Waals surface area (Å²) in [5.74, 6) is 0.809. The number of halogens is 1. The van der Waals surface area contributed by atoms with Gasteiger partial charge in [0.2, 0.25) is 11.7 Å². The Labute approximate surface area is 149 Å². The van der Waals surface area contributed by atoms with E-state index >= 15 is 0 Å². The van der Waals surface area contributed by atoms with Gasteiger partial charge in [-0.25, -0.2) is 4.63 Å². The molecule has 3 rings (SSSR count). The van der Waals surface area contributed by atoms with E-state index < -0.39 is 0 Å². The molecule has 25 heavy (non-hydrogen) atoms. The first-order chi connectivity index (χ1) is 12.1. The molecule has 6 nitrogen and oxygen atoms in total. The molecule has 0 bridgehead atoms. The second kappa shape index (κ2) is 7.36. The molecule has 0 radical (unpaired) electrons. The summed E-state index contributed by atoms with van der Waals surface area (Å²) in [4.78, 5) is 12.3. The lowest BCUT2D eigenvalue weighted by molar-refractivity contribution is -0.115. The van der Waals surface area contributed by atoms with Gasteiger partial charge in [0.25, 0.3) is 0 Å². The summed E-state index contributed by atoms with van der Waals surface area (Å²) >= 11 is 5.85. The van der Waals surface area contributed by atoms with Crippen LogP contribution in [-0.2, 0) is 11.2 Å². The minimum atomic E-state index is -0.217. The van der Waals surface area contributed by atoms with Crippen LogP contribution in [0.4, 0.5) is 5.82 Å². The van der Waals surface area contributed by atoms with Gasteiger partial charge in [0.15, 0.2) is 5.69 Å². The van der Waals surface area contributed by atoms with Crippen LogP contribution in [0.1, 0.15) is 11.1 Å². The Morgan fingerprint density at radius 1 is 1.20 bits per heavy atom. The Hall–Kier alpha value is -2.86. The standard InChI is InChI=1S/C18H16ClN3O3/c1-11-9-14(24-2)7-8-15(11)17-18(22-25-21-17)20-16(23)10-12-3-5-13(19)6-4-12/h3-9H,10H2,1-2H3,(H,20,22,23). The average molecular weight is 358 g/mol. The molecule has 0 saturated heterocycles. The average Bonchev–Trinajstić information content (AvgIpc) is 3.04. The van der Waals surface area contributed by atoms with Crippen LogP contribution in [-0.4, -0.2) is 23.3 Å². The largest absolute Gasteiger partial charge is 0.497 e. The number of aromatic nitrogens is 2. The number of carbonyl (C=O) groups is 1. The highest BCUT2D eigenvalue weighted by Crippen LogP contribution is 2.30. The fraction of sp³-hybridized carbons (Fsp3) is 0.167. The molecule has 0 spiro atoms. The Morgan fingerprint density at radius 3 is 2.64 bits per heavy atom. The van der Waals surface area contributed by atoms with Crippen LogP contribution in [0.25, 0.3) is 11.3 Å². The molecule has 0 fully saturated rings. The van der Waals surface area contributed by atoms with Crippen molar-refractivity contribution in [1.82, 2.24) is 10.3 Å². The molecule has 0 saturated carbocycles. The molecular formula is C18H16ClN3O3. The molecule has 1 amide bonds. The summed E-state index contributed by atoms with van der Waals surface area (Å²) in [6, 6.07) is 12.6. The van der Waals surface area contributed by atoms with Crippen molar-refractivity contribution in [3.05, 3.63) is 58.6 Å². The highest BCUT2D eigenvalue weighted by Gasteiger charge is 2.17. The summed E-state index contributed by atoms with van der Waals surface area (Å²) in [6.45, 7) is 1.92. The van der Waals surface area contributed by atoms with Crippen molar-refractivity contribution in [1.29, 1.82) is 0 Å². The predicted octanol–water partition coefficient (Wildman–Crippen LogP) is 3.89. The Morgan fingerprint density at radius 2 is 1.96 bits per heavy atom. The van der Waals surface area contributed by atoms with Crippen LogP contribution in [0.2, 0.25) is 5.02 Å². The van der Waals surface area contributed by atoms with Gasteiger partial charge in [-0.15, -0.1) is 0 Å². The number of amides is 1. The van der Waals surface area contributed by atoms with Gasteiger partial charge in [0.05, 0.1) is 13.5 Å². The van der Waals surface area contributed by atoms with E-state index in [1.807, 2.05) is 25.1 Å². The number of methoxy groups -OCH3 is 1. The minimum Gasteiger partial charge on any atom is -0.497 e. The van der Waals surface area contributed by atoms with Crippen molar-refractivity contribution >= 4 is 23.3 Å². The summed E-state index contributed by atoms with van der Waals surface area (Å²) < 4.78 is 10.0. The second-order valence-electron chi connectivity index (χ2n) is 5.49. The maximum atomic E-state index is 12.3.